The summed E-state index contributed by atoms with van der Waals surface area (Å²) < 4.78 is 6.88. The largest absolute Gasteiger partial charge is 0.494 e. The van der Waals surface area contributed by atoms with Gasteiger partial charge in [-0.2, -0.15) is 0 Å². The van der Waals surface area contributed by atoms with Crippen LogP contribution in [0.4, 0.5) is 0 Å². The van der Waals surface area contributed by atoms with E-state index in [0.717, 1.165) is 31.2 Å². The summed E-state index contributed by atoms with van der Waals surface area (Å²) >= 11 is 3.71. The van der Waals surface area contributed by atoms with Gasteiger partial charge < -0.3 is 14.5 Å². The number of hydrogen-bond donors (Lipinski definition) is 0. The lowest BCUT2D eigenvalue weighted by molar-refractivity contribution is -0.130. The average Bonchev–Trinajstić information content (AvgIpc) is 2.72. The Morgan fingerprint density at radius 2 is 1.97 bits per heavy atom. The molecule has 1 unspecified atom stereocenters. The molecular formula is C24H37BrN2O2. The lowest BCUT2D eigenvalue weighted by Crippen LogP contribution is -2.39. The maximum atomic E-state index is 11.6. The Bertz CT molecular complexity index is 658. The summed E-state index contributed by atoms with van der Waals surface area (Å²) in [6.45, 7) is 10.1. The minimum atomic E-state index is 0.246. The first-order valence-corrected chi connectivity index (χ1v) is 12.2. The van der Waals surface area contributed by atoms with Gasteiger partial charge in [0.15, 0.2) is 0 Å². The second-order valence-electron chi connectivity index (χ2n) is 8.79. The predicted octanol–water partition coefficient (Wildman–Crippen LogP) is 5.14. The van der Waals surface area contributed by atoms with E-state index in [-0.39, 0.29) is 5.91 Å². The van der Waals surface area contributed by atoms with Crippen molar-refractivity contribution in [3.05, 3.63) is 28.2 Å². The SMILES string of the molecule is CCOc1ccc(Br)c(CC2CCN(CCCC3CCCN(C(C)=O)C3)CC2)c1. The average molecular weight is 465 g/mol. The lowest BCUT2D eigenvalue weighted by atomic mass is 9.89. The molecule has 1 aromatic carbocycles. The third-order valence-corrected chi connectivity index (χ3v) is 7.37. The number of amides is 1. The van der Waals surface area contributed by atoms with Crippen LogP contribution in [0.15, 0.2) is 22.7 Å². The zero-order valence-corrected chi connectivity index (χ0v) is 19.8. The fourth-order valence-electron chi connectivity index (χ4n) is 4.88. The molecule has 2 saturated heterocycles. The smallest absolute Gasteiger partial charge is 0.219 e. The summed E-state index contributed by atoms with van der Waals surface area (Å²) in [6.07, 6.45) is 8.71. The molecular weight excluding hydrogens is 428 g/mol. The molecule has 162 valence electrons. The molecule has 2 aliphatic heterocycles. The molecule has 4 nitrogen and oxygen atoms in total. The van der Waals surface area contributed by atoms with Crippen LogP contribution >= 0.6 is 15.9 Å². The highest BCUT2D eigenvalue weighted by atomic mass is 79.9. The summed E-state index contributed by atoms with van der Waals surface area (Å²) in [7, 11) is 0. The standard InChI is InChI=1S/C24H37BrN2O2/c1-3-29-23-8-9-24(25)22(17-23)16-20-10-14-26(15-11-20)12-4-6-21-7-5-13-27(18-21)19(2)28/h8-9,17,20-21H,3-7,10-16,18H2,1-2H3. The van der Waals surface area contributed by atoms with E-state index in [1.807, 2.05) is 17.9 Å². The van der Waals surface area contributed by atoms with Gasteiger partial charge in [-0.25, -0.2) is 0 Å². The number of halogens is 1. The van der Waals surface area contributed by atoms with Crippen molar-refractivity contribution in [2.45, 2.75) is 58.8 Å². The van der Waals surface area contributed by atoms with Crippen LogP contribution in [-0.2, 0) is 11.2 Å². The molecule has 3 rings (SSSR count). The Morgan fingerprint density at radius 3 is 2.69 bits per heavy atom. The van der Waals surface area contributed by atoms with Crippen LogP contribution in [-0.4, -0.2) is 55.0 Å². The molecule has 0 radical (unpaired) electrons. The minimum Gasteiger partial charge on any atom is -0.494 e. The Kier molecular flexibility index (Phi) is 8.85. The molecule has 1 atom stereocenters. The fraction of sp³-hybridized carbons (Fsp3) is 0.708. The van der Waals surface area contributed by atoms with Crippen molar-refractivity contribution in [1.82, 2.24) is 9.80 Å². The molecule has 2 heterocycles. The van der Waals surface area contributed by atoms with Crippen LogP contribution in [0.3, 0.4) is 0 Å². The first-order valence-electron chi connectivity index (χ1n) is 11.4. The van der Waals surface area contributed by atoms with Crippen LogP contribution < -0.4 is 4.74 Å². The molecule has 0 bridgehead atoms. The van der Waals surface area contributed by atoms with E-state index in [4.69, 9.17) is 4.74 Å². The molecule has 5 heteroatoms. The monoisotopic (exact) mass is 464 g/mol. The fourth-order valence-corrected chi connectivity index (χ4v) is 5.29. The van der Waals surface area contributed by atoms with Crippen molar-refractivity contribution in [3.8, 4) is 5.75 Å². The van der Waals surface area contributed by atoms with Gasteiger partial charge in [0.1, 0.15) is 5.75 Å². The number of ether oxygens (including phenoxy) is 1. The zero-order valence-electron chi connectivity index (χ0n) is 18.2. The van der Waals surface area contributed by atoms with E-state index in [9.17, 15) is 4.79 Å². The summed E-state index contributed by atoms with van der Waals surface area (Å²) in [5.74, 6) is 2.70. The molecule has 1 amide bonds. The first-order chi connectivity index (χ1) is 14.0. The van der Waals surface area contributed by atoms with Crippen molar-refractivity contribution in [1.29, 1.82) is 0 Å². The van der Waals surface area contributed by atoms with Crippen molar-refractivity contribution in [3.63, 3.8) is 0 Å². The molecule has 0 aromatic heterocycles. The first kappa shape index (κ1) is 22.6. The summed E-state index contributed by atoms with van der Waals surface area (Å²) in [5.41, 5.74) is 1.38. The molecule has 1 aromatic rings. The number of piperidine rings is 2. The molecule has 2 aliphatic rings. The number of carbonyl (C=O) groups excluding carboxylic acids is 1. The van der Waals surface area contributed by atoms with Crippen LogP contribution in [0.5, 0.6) is 5.75 Å². The number of hydrogen-bond acceptors (Lipinski definition) is 3. The second kappa shape index (κ2) is 11.4. The number of rotatable bonds is 8. The van der Waals surface area contributed by atoms with Gasteiger partial charge in [-0.15, -0.1) is 0 Å². The normalized spacial score (nSPS) is 21.3. The van der Waals surface area contributed by atoms with E-state index < -0.39 is 0 Å². The second-order valence-corrected chi connectivity index (χ2v) is 9.65. The highest BCUT2D eigenvalue weighted by molar-refractivity contribution is 9.10. The van der Waals surface area contributed by atoms with Crippen LogP contribution in [0.1, 0.15) is 57.9 Å². The van der Waals surface area contributed by atoms with Gasteiger partial charge in [-0.3, -0.25) is 4.79 Å². The van der Waals surface area contributed by atoms with Crippen molar-refractivity contribution >= 4 is 21.8 Å². The van der Waals surface area contributed by atoms with Crippen molar-refractivity contribution in [2.24, 2.45) is 11.8 Å². The van der Waals surface area contributed by atoms with E-state index in [1.54, 1.807) is 6.92 Å². The molecule has 2 fully saturated rings. The summed E-state index contributed by atoms with van der Waals surface area (Å²) in [4.78, 5) is 16.3. The van der Waals surface area contributed by atoms with Gasteiger partial charge >= 0.3 is 0 Å². The maximum absolute atomic E-state index is 11.6. The van der Waals surface area contributed by atoms with Gasteiger partial charge in [0.05, 0.1) is 6.61 Å². The van der Waals surface area contributed by atoms with Gasteiger partial charge in [-0.1, -0.05) is 15.9 Å². The van der Waals surface area contributed by atoms with Gasteiger partial charge in [-0.05, 0) is 107 Å². The molecule has 0 aliphatic carbocycles. The Balaban J connectivity index is 1.36. The highest BCUT2D eigenvalue weighted by Crippen LogP contribution is 2.29. The minimum absolute atomic E-state index is 0.246. The quantitative estimate of drug-likeness (QED) is 0.533. The number of benzene rings is 1. The molecule has 29 heavy (non-hydrogen) atoms. The molecule has 0 spiro atoms. The van der Waals surface area contributed by atoms with E-state index in [2.05, 4.69) is 33.0 Å². The Morgan fingerprint density at radius 1 is 1.17 bits per heavy atom. The van der Waals surface area contributed by atoms with E-state index in [0.29, 0.717) is 12.5 Å². The zero-order chi connectivity index (χ0) is 20.6. The van der Waals surface area contributed by atoms with E-state index >= 15 is 0 Å². The van der Waals surface area contributed by atoms with E-state index in [1.165, 1.54) is 68.2 Å². The van der Waals surface area contributed by atoms with Crippen molar-refractivity contribution < 1.29 is 9.53 Å². The van der Waals surface area contributed by atoms with Crippen LogP contribution in [0.2, 0.25) is 0 Å². The summed E-state index contributed by atoms with van der Waals surface area (Å²) in [5, 5.41) is 0. The van der Waals surface area contributed by atoms with Crippen LogP contribution in [0.25, 0.3) is 0 Å². The predicted molar refractivity (Wildman–Crippen MR) is 122 cm³/mol. The number of likely N-dealkylation sites (tertiary alicyclic amines) is 2. The topological polar surface area (TPSA) is 32.8 Å². The Labute approximate surface area is 185 Å². The highest BCUT2D eigenvalue weighted by Gasteiger charge is 2.23. The molecule has 0 saturated carbocycles. The lowest BCUT2D eigenvalue weighted by Gasteiger charge is -2.34. The van der Waals surface area contributed by atoms with Gasteiger partial charge in [0.2, 0.25) is 5.91 Å². The Hall–Kier alpha value is -1.07. The third kappa shape index (κ3) is 6.99. The van der Waals surface area contributed by atoms with Gasteiger partial charge in [0, 0.05) is 24.5 Å². The van der Waals surface area contributed by atoms with Crippen LogP contribution in [0, 0.1) is 11.8 Å². The van der Waals surface area contributed by atoms with Crippen molar-refractivity contribution in [2.75, 3.05) is 39.3 Å². The third-order valence-electron chi connectivity index (χ3n) is 6.59. The number of carbonyl (C=O) groups is 1. The maximum Gasteiger partial charge on any atom is 0.219 e. The van der Waals surface area contributed by atoms with Gasteiger partial charge in [0.25, 0.3) is 0 Å². The number of nitrogens with zero attached hydrogens (tertiary/aromatic N) is 2. The molecule has 0 N–H and O–H groups in total. The summed E-state index contributed by atoms with van der Waals surface area (Å²) in [6, 6.07) is 6.37.